The Hall–Kier alpha value is -2.67. The Morgan fingerprint density at radius 2 is 1.68 bits per heavy atom. The largest absolute Gasteiger partial charge is 0.481 e. The zero-order chi connectivity index (χ0) is 18.2. The molecular weight excluding hydrogens is 354 g/mol. The smallest absolute Gasteiger partial charge is 0.258 e. The molecule has 2 amide bonds. The van der Waals surface area contributed by atoms with E-state index in [-0.39, 0.29) is 24.7 Å². The maximum absolute atomic E-state index is 13.3. The van der Waals surface area contributed by atoms with Crippen LogP contribution in [0.1, 0.15) is 10.4 Å². The van der Waals surface area contributed by atoms with E-state index >= 15 is 0 Å². The maximum atomic E-state index is 13.3. The van der Waals surface area contributed by atoms with Gasteiger partial charge in [0.1, 0.15) is 5.82 Å². The van der Waals surface area contributed by atoms with Crippen molar-refractivity contribution in [3.63, 3.8) is 0 Å². The van der Waals surface area contributed by atoms with E-state index in [2.05, 4.69) is 10.6 Å². The number of hydrogen-bond donors (Lipinski definition) is 2. The van der Waals surface area contributed by atoms with E-state index in [9.17, 15) is 18.4 Å². The molecule has 0 aliphatic heterocycles. The predicted molar refractivity (Wildman–Crippen MR) is 88.6 cm³/mol. The van der Waals surface area contributed by atoms with Crippen molar-refractivity contribution in [1.82, 2.24) is 10.6 Å². The normalized spacial score (nSPS) is 10.2. The minimum atomic E-state index is -0.886. The number of carbonyl (C=O) groups excluding carboxylic acids is 2. The molecule has 2 aromatic carbocycles. The summed E-state index contributed by atoms with van der Waals surface area (Å²) >= 11 is 5.74. The minimum Gasteiger partial charge on any atom is -0.481 e. The first-order valence-electron chi connectivity index (χ1n) is 7.34. The second kappa shape index (κ2) is 8.98. The van der Waals surface area contributed by atoms with Crippen LogP contribution < -0.4 is 15.4 Å². The Kier molecular flexibility index (Phi) is 6.71. The van der Waals surface area contributed by atoms with E-state index in [4.69, 9.17) is 16.3 Å². The summed E-state index contributed by atoms with van der Waals surface area (Å²) in [6, 6.07) is 9.17. The Morgan fingerprint density at radius 1 is 1.00 bits per heavy atom. The predicted octanol–water partition coefficient (Wildman–Crippen LogP) is 2.54. The zero-order valence-electron chi connectivity index (χ0n) is 13.0. The van der Waals surface area contributed by atoms with Crippen LogP contribution in [0.5, 0.6) is 5.75 Å². The quantitative estimate of drug-likeness (QED) is 0.738. The number of ether oxygens (including phenoxy) is 1. The number of hydrogen-bond acceptors (Lipinski definition) is 3. The summed E-state index contributed by atoms with van der Waals surface area (Å²) in [5, 5.41) is 5.66. The zero-order valence-corrected chi connectivity index (χ0v) is 13.8. The highest BCUT2D eigenvalue weighted by Crippen LogP contribution is 2.17. The molecule has 0 aliphatic rings. The van der Waals surface area contributed by atoms with Crippen LogP contribution in [0.2, 0.25) is 5.02 Å². The van der Waals surface area contributed by atoms with Crippen molar-refractivity contribution in [2.45, 2.75) is 0 Å². The summed E-state index contributed by atoms with van der Waals surface area (Å²) in [4.78, 5) is 23.4. The van der Waals surface area contributed by atoms with E-state index in [1.807, 2.05) is 0 Å². The summed E-state index contributed by atoms with van der Waals surface area (Å²) < 4.78 is 31.0. The number of benzene rings is 2. The van der Waals surface area contributed by atoms with Gasteiger partial charge in [-0.05, 0) is 36.4 Å². The van der Waals surface area contributed by atoms with Crippen molar-refractivity contribution in [1.29, 1.82) is 0 Å². The molecule has 0 saturated carbocycles. The summed E-state index contributed by atoms with van der Waals surface area (Å²) in [5.41, 5.74) is 0.450. The third-order valence-electron chi connectivity index (χ3n) is 3.09. The van der Waals surface area contributed by atoms with Gasteiger partial charge < -0.3 is 15.4 Å². The molecule has 0 unspecified atom stereocenters. The Labute approximate surface area is 147 Å². The van der Waals surface area contributed by atoms with Gasteiger partial charge in [-0.2, -0.15) is 0 Å². The fourth-order valence-corrected chi connectivity index (χ4v) is 1.99. The van der Waals surface area contributed by atoms with E-state index in [0.29, 0.717) is 16.7 Å². The van der Waals surface area contributed by atoms with Gasteiger partial charge >= 0.3 is 0 Å². The van der Waals surface area contributed by atoms with Gasteiger partial charge in [0.15, 0.2) is 18.2 Å². The van der Waals surface area contributed by atoms with Crippen molar-refractivity contribution < 1.29 is 23.1 Å². The summed E-state index contributed by atoms with van der Waals surface area (Å²) in [6.07, 6.45) is 0. The first-order chi connectivity index (χ1) is 12.0. The number of halogens is 3. The summed E-state index contributed by atoms with van der Waals surface area (Å²) in [7, 11) is 0. The molecule has 5 nitrogen and oxygen atoms in total. The van der Waals surface area contributed by atoms with E-state index in [0.717, 1.165) is 12.1 Å². The monoisotopic (exact) mass is 368 g/mol. The van der Waals surface area contributed by atoms with Gasteiger partial charge in [-0.15, -0.1) is 0 Å². The molecule has 2 rings (SSSR count). The second-order valence-electron chi connectivity index (χ2n) is 4.98. The Balaban J connectivity index is 1.66. The molecule has 0 spiro atoms. The fourth-order valence-electron chi connectivity index (χ4n) is 1.87. The second-order valence-corrected chi connectivity index (χ2v) is 5.41. The molecule has 0 radical (unpaired) electrons. The van der Waals surface area contributed by atoms with Crippen molar-refractivity contribution >= 4 is 23.4 Å². The highest BCUT2D eigenvalue weighted by Gasteiger charge is 2.08. The molecule has 0 atom stereocenters. The van der Waals surface area contributed by atoms with Crippen LogP contribution in [0.25, 0.3) is 0 Å². The number of nitrogens with one attached hydrogen (secondary N) is 2. The summed E-state index contributed by atoms with van der Waals surface area (Å²) in [5.74, 6) is -2.62. The van der Waals surface area contributed by atoms with Crippen molar-refractivity contribution in [2.75, 3.05) is 19.7 Å². The molecule has 2 aromatic rings. The molecule has 132 valence electrons. The molecule has 0 aromatic heterocycles. The number of rotatable bonds is 7. The topological polar surface area (TPSA) is 67.4 Å². The molecule has 0 aliphatic carbocycles. The third-order valence-corrected chi connectivity index (χ3v) is 3.34. The van der Waals surface area contributed by atoms with E-state index in [1.165, 1.54) is 0 Å². The van der Waals surface area contributed by atoms with Gasteiger partial charge in [-0.1, -0.05) is 11.6 Å². The van der Waals surface area contributed by atoms with Crippen LogP contribution in [-0.4, -0.2) is 31.5 Å². The number of amides is 2. The van der Waals surface area contributed by atoms with Crippen LogP contribution in [0.15, 0.2) is 42.5 Å². The van der Waals surface area contributed by atoms with Gasteiger partial charge in [0.2, 0.25) is 0 Å². The first-order valence-corrected chi connectivity index (χ1v) is 7.72. The lowest BCUT2D eigenvalue weighted by atomic mass is 10.2. The van der Waals surface area contributed by atoms with Gasteiger partial charge in [-0.25, -0.2) is 8.78 Å². The fraction of sp³-hybridized carbons (Fsp3) is 0.176. The lowest BCUT2D eigenvalue weighted by Crippen LogP contribution is -2.36. The van der Waals surface area contributed by atoms with Crippen LogP contribution in [0, 0.1) is 11.6 Å². The van der Waals surface area contributed by atoms with E-state index < -0.39 is 24.1 Å². The Bertz CT molecular complexity index is 754. The minimum absolute atomic E-state index is 0.174. The molecule has 0 heterocycles. The molecule has 0 fully saturated rings. The molecule has 25 heavy (non-hydrogen) atoms. The van der Waals surface area contributed by atoms with Crippen LogP contribution >= 0.6 is 11.6 Å². The lowest BCUT2D eigenvalue weighted by molar-refractivity contribution is -0.123. The highest BCUT2D eigenvalue weighted by atomic mass is 35.5. The van der Waals surface area contributed by atoms with Crippen molar-refractivity contribution in [2.24, 2.45) is 0 Å². The average molecular weight is 369 g/mol. The van der Waals surface area contributed by atoms with Crippen molar-refractivity contribution in [3.8, 4) is 5.75 Å². The van der Waals surface area contributed by atoms with Crippen LogP contribution in [0.3, 0.4) is 0 Å². The first kappa shape index (κ1) is 18.7. The average Bonchev–Trinajstić information content (AvgIpc) is 2.58. The molecule has 8 heteroatoms. The standard InChI is InChI=1S/C17H15ClF2N2O3/c18-12-3-1-11(2-4-12)17(24)22-8-7-21-16(23)10-25-15-6-5-13(19)9-14(15)20/h1-6,9H,7-8,10H2,(H,21,23)(H,22,24). The van der Waals surface area contributed by atoms with Crippen molar-refractivity contribution in [3.05, 3.63) is 64.7 Å². The number of carbonyl (C=O) groups is 2. The molecular formula is C17H15ClF2N2O3. The van der Waals surface area contributed by atoms with Crippen LogP contribution in [-0.2, 0) is 4.79 Å². The summed E-state index contributed by atoms with van der Waals surface area (Å²) in [6.45, 7) is -0.0424. The third kappa shape index (κ3) is 6.04. The molecule has 2 N–H and O–H groups in total. The molecule has 0 bridgehead atoms. The highest BCUT2D eigenvalue weighted by molar-refractivity contribution is 6.30. The van der Waals surface area contributed by atoms with Gasteiger partial charge in [0, 0.05) is 29.7 Å². The Morgan fingerprint density at radius 3 is 2.36 bits per heavy atom. The SMILES string of the molecule is O=C(COc1ccc(F)cc1F)NCCNC(=O)c1ccc(Cl)cc1. The lowest BCUT2D eigenvalue weighted by Gasteiger charge is -2.09. The van der Waals surface area contributed by atoms with Gasteiger partial charge in [0.05, 0.1) is 0 Å². The van der Waals surface area contributed by atoms with Gasteiger partial charge in [-0.3, -0.25) is 9.59 Å². The maximum Gasteiger partial charge on any atom is 0.258 e. The molecule has 0 saturated heterocycles. The van der Waals surface area contributed by atoms with E-state index in [1.54, 1.807) is 24.3 Å². The van der Waals surface area contributed by atoms with Crippen LogP contribution in [0.4, 0.5) is 8.78 Å². The van der Waals surface area contributed by atoms with Gasteiger partial charge in [0.25, 0.3) is 11.8 Å².